The summed E-state index contributed by atoms with van der Waals surface area (Å²) in [6.45, 7) is 6.83. The maximum atomic E-state index is 3.72. The second-order valence-corrected chi connectivity index (χ2v) is 5.47. The van der Waals surface area contributed by atoms with Gasteiger partial charge in [-0.3, -0.25) is 0 Å². The van der Waals surface area contributed by atoms with Crippen LogP contribution in [0.3, 0.4) is 0 Å². The summed E-state index contributed by atoms with van der Waals surface area (Å²) in [5, 5.41) is 5.91. The van der Waals surface area contributed by atoms with Crippen LogP contribution >= 0.6 is 11.3 Å². The summed E-state index contributed by atoms with van der Waals surface area (Å²) >= 11 is 1.87. The molecule has 0 saturated heterocycles. The largest absolute Gasteiger partial charge is 0.306 e. The zero-order chi connectivity index (χ0) is 10.1. The van der Waals surface area contributed by atoms with E-state index in [1.807, 2.05) is 11.3 Å². The summed E-state index contributed by atoms with van der Waals surface area (Å²) < 4.78 is 0. The Morgan fingerprint density at radius 3 is 2.71 bits per heavy atom. The van der Waals surface area contributed by atoms with Crippen molar-refractivity contribution in [2.24, 2.45) is 5.92 Å². The molecule has 1 N–H and O–H groups in total. The van der Waals surface area contributed by atoms with E-state index in [0.717, 1.165) is 12.0 Å². The fourth-order valence-electron chi connectivity index (χ4n) is 2.14. The molecule has 0 radical (unpaired) electrons. The highest BCUT2D eigenvalue weighted by atomic mass is 32.1. The van der Waals surface area contributed by atoms with Crippen molar-refractivity contribution in [1.82, 2.24) is 5.32 Å². The molecule has 1 saturated carbocycles. The van der Waals surface area contributed by atoms with Gasteiger partial charge in [0.2, 0.25) is 0 Å². The van der Waals surface area contributed by atoms with Gasteiger partial charge in [-0.15, -0.1) is 11.3 Å². The van der Waals surface area contributed by atoms with Gasteiger partial charge in [-0.1, -0.05) is 6.92 Å². The summed E-state index contributed by atoms with van der Waals surface area (Å²) in [6, 6.07) is 3.50. The van der Waals surface area contributed by atoms with Gasteiger partial charge in [0, 0.05) is 17.0 Å². The highest BCUT2D eigenvalue weighted by molar-refractivity contribution is 7.10. The fourth-order valence-corrected chi connectivity index (χ4v) is 3.08. The van der Waals surface area contributed by atoms with E-state index in [1.54, 1.807) is 0 Å². The van der Waals surface area contributed by atoms with Gasteiger partial charge in [0.15, 0.2) is 0 Å². The average Bonchev–Trinajstić information content (AvgIpc) is 2.58. The van der Waals surface area contributed by atoms with Gasteiger partial charge >= 0.3 is 0 Å². The molecule has 3 atom stereocenters. The lowest BCUT2D eigenvalue weighted by Gasteiger charge is -2.36. The molecule has 0 aromatic carbocycles. The SMILES string of the molecule is Cc1ccsc1C(C)NC1CCC1C. The van der Waals surface area contributed by atoms with Crippen LogP contribution < -0.4 is 5.32 Å². The molecule has 3 unspecified atom stereocenters. The lowest BCUT2D eigenvalue weighted by Crippen LogP contribution is -2.43. The number of hydrogen-bond acceptors (Lipinski definition) is 2. The van der Waals surface area contributed by atoms with Gasteiger partial charge in [-0.25, -0.2) is 0 Å². The summed E-state index contributed by atoms with van der Waals surface area (Å²) in [5.41, 5.74) is 1.43. The molecule has 0 aliphatic heterocycles. The van der Waals surface area contributed by atoms with Crippen LogP contribution in [0.25, 0.3) is 0 Å². The fraction of sp³-hybridized carbons (Fsp3) is 0.667. The van der Waals surface area contributed by atoms with Gasteiger partial charge < -0.3 is 5.32 Å². The molecule has 1 heterocycles. The van der Waals surface area contributed by atoms with Crippen LogP contribution in [0, 0.1) is 12.8 Å². The van der Waals surface area contributed by atoms with E-state index in [9.17, 15) is 0 Å². The standard InChI is InChI=1S/C12H19NS/c1-8-4-5-11(8)13-10(3)12-9(2)6-7-14-12/h6-8,10-11,13H,4-5H2,1-3H3. The molecule has 2 rings (SSSR count). The Morgan fingerprint density at radius 2 is 2.29 bits per heavy atom. The molecule has 2 heteroatoms. The smallest absolute Gasteiger partial charge is 0.0391 e. The lowest BCUT2D eigenvalue weighted by molar-refractivity contribution is 0.214. The third-order valence-corrected chi connectivity index (χ3v) is 4.58. The number of hydrogen-bond donors (Lipinski definition) is 1. The highest BCUT2D eigenvalue weighted by Gasteiger charge is 2.28. The lowest BCUT2D eigenvalue weighted by atomic mass is 9.81. The van der Waals surface area contributed by atoms with Crippen LogP contribution in [0.1, 0.15) is 43.2 Å². The minimum atomic E-state index is 0.530. The number of aryl methyl sites for hydroxylation is 1. The zero-order valence-corrected chi connectivity index (χ0v) is 10.0. The van der Waals surface area contributed by atoms with E-state index >= 15 is 0 Å². The topological polar surface area (TPSA) is 12.0 Å². The zero-order valence-electron chi connectivity index (χ0n) is 9.21. The minimum absolute atomic E-state index is 0.530. The molecule has 0 bridgehead atoms. The Balaban J connectivity index is 1.95. The van der Waals surface area contributed by atoms with E-state index in [-0.39, 0.29) is 0 Å². The first-order chi connectivity index (χ1) is 6.68. The quantitative estimate of drug-likeness (QED) is 0.803. The van der Waals surface area contributed by atoms with Crippen molar-refractivity contribution in [1.29, 1.82) is 0 Å². The van der Waals surface area contributed by atoms with Crippen molar-refractivity contribution < 1.29 is 0 Å². The van der Waals surface area contributed by atoms with E-state index in [0.29, 0.717) is 6.04 Å². The third-order valence-electron chi connectivity index (χ3n) is 3.38. The van der Waals surface area contributed by atoms with Crippen LogP contribution in [0.5, 0.6) is 0 Å². The van der Waals surface area contributed by atoms with E-state index in [1.165, 1.54) is 23.3 Å². The van der Waals surface area contributed by atoms with E-state index < -0.39 is 0 Å². The van der Waals surface area contributed by atoms with Crippen molar-refractivity contribution in [3.8, 4) is 0 Å². The minimum Gasteiger partial charge on any atom is -0.306 e. The molecular formula is C12H19NS. The second-order valence-electron chi connectivity index (χ2n) is 4.52. The van der Waals surface area contributed by atoms with E-state index in [4.69, 9.17) is 0 Å². The molecule has 1 aliphatic rings. The first-order valence-corrected chi connectivity index (χ1v) is 6.36. The van der Waals surface area contributed by atoms with Crippen molar-refractivity contribution in [2.75, 3.05) is 0 Å². The Hall–Kier alpha value is -0.340. The summed E-state index contributed by atoms with van der Waals surface area (Å²) in [6.07, 6.45) is 2.75. The van der Waals surface area contributed by atoms with Crippen molar-refractivity contribution in [3.05, 3.63) is 21.9 Å². The van der Waals surface area contributed by atoms with Gasteiger partial charge in [0.05, 0.1) is 0 Å². The van der Waals surface area contributed by atoms with Gasteiger partial charge in [-0.2, -0.15) is 0 Å². The normalized spacial score (nSPS) is 28.5. The highest BCUT2D eigenvalue weighted by Crippen LogP contribution is 2.31. The molecule has 0 amide bonds. The predicted octanol–water partition coefficient (Wildman–Crippen LogP) is 3.51. The number of rotatable bonds is 3. The van der Waals surface area contributed by atoms with Gasteiger partial charge in [0.25, 0.3) is 0 Å². The molecule has 1 aromatic heterocycles. The monoisotopic (exact) mass is 209 g/mol. The summed E-state index contributed by atoms with van der Waals surface area (Å²) in [7, 11) is 0. The Morgan fingerprint density at radius 1 is 1.50 bits per heavy atom. The predicted molar refractivity (Wildman–Crippen MR) is 62.8 cm³/mol. The number of nitrogens with one attached hydrogen (secondary N) is 1. The van der Waals surface area contributed by atoms with Crippen LogP contribution in [0.4, 0.5) is 0 Å². The third kappa shape index (κ3) is 1.86. The van der Waals surface area contributed by atoms with E-state index in [2.05, 4.69) is 37.5 Å². The average molecular weight is 209 g/mol. The van der Waals surface area contributed by atoms with Crippen molar-refractivity contribution in [3.63, 3.8) is 0 Å². The van der Waals surface area contributed by atoms with Crippen molar-refractivity contribution in [2.45, 2.75) is 45.7 Å². The summed E-state index contributed by atoms with van der Waals surface area (Å²) in [4.78, 5) is 1.50. The Labute approximate surface area is 90.5 Å². The molecule has 78 valence electrons. The van der Waals surface area contributed by atoms with Crippen LogP contribution in [0.2, 0.25) is 0 Å². The molecular weight excluding hydrogens is 190 g/mol. The first kappa shape index (κ1) is 10.2. The van der Waals surface area contributed by atoms with Crippen LogP contribution in [-0.2, 0) is 0 Å². The molecule has 1 fully saturated rings. The number of thiophene rings is 1. The maximum Gasteiger partial charge on any atom is 0.0391 e. The van der Waals surface area contributed by atoms with Gasteiger partial charge in [-0.05, 0) is 49.6 Å². The second kappa shape index (κ2) is 4.03. The molecule has 1 aliphatic carbocycles. The molecule has 0 spiro atoms. The Bertz CT molecular complexity index is 305. The maximum absolute atomic E-state index is 3.72. The first-order valence-electron chi connectivity index (χ1n) is 5.48. The molecule has 14 heavy (non-hydrogen) atoms. The molecule has 1 aromatic rings. The van der Waals surface area contributed by atoms with Crippen LogP contribution in [0.15, 0.2) is 11.4 Å². The van der Waals surface area contributed by atoms with Crippen LogP contribution in [-0.4, -0.2) is 6.04 Å². The Kier molecular flexibility index (Phi) is 2.93. The van der Waals surface area contributed by atoms with Gasteiger partial charge in [0.1, 0.15) is 0 Å². The molecule has 1 nitrogen and oxygen atoms in total. The van der Waals surface area contributed by atoms with Crippen molar-refractivity contribution >= 4 is 11.3 Å². The summed E-state index contributed by atoms with van der Waals surface area (Å²) in [5.74, 6) is 0.873.